The van der Waals surface area contributed by atoms with Crippen LogP contribution in [0, 0.1) is 0 Å². The lowest BCUT2D eigenvalue weighted by Crippen LogP contribution is -2.32. The zero-order chi connectivity index (χ0) is 23.8. The van der Waals surface area contributed by atoms with Crippen LogP contribution >= 0.6 is 12.2 Å². The van der Waals surface area contributed by atoms with Crippen molar-refractivity contribution in [2.45, 2.75) is 4.90 Å². The van der Waals surface area contributed by atoms with Crippen molar-refractivity contribution in [3.8, 4) is 5.75 Å². The van der Waals surface area contributed by atoms with E-state index in [4.69, 9.17) is 17.0 Å². The molecule has 0 atom stereocenters. The summed E-state index contributed by atoms with van der Waals surface area (Å²) in [6.07, 6.45) is 3.02. The number of carbonyl (C=O) groups excluding carboxylic acids is 1. The molecular formula is C24H23N3O4S2. The first kappa shape index (κ1) is 24.0. The van der Waals surface area contributed by atoms with E-state index in [1.54, 1.807) is 61.7 Å². The highest BCUT2D eigenvalue weighted by Gasteiger charge is 2.21. The Hall–Kier alpha value is -3.69. The molecule has 0 heterocycles. The summed E-state index contributed by atoms with van der Waals surface area (Å²) in [5.41, 5.74) is 1.94. The van der Waals surface area contributed by atoms with Gasteiger partial charge in [-0.2, -0.15) is 0 Å². The van der Waals surface area contributed by atoms with Gasteiger partial charge >= 0.3 is 0 Å². The quantitative estimate of drug-likeness (QED) is 0.391. The summed E-state index contributed by atoms with van der Waals surface area (Å²) in [6.45, 7) is 0. The predicted molar refractivity (Wildman–Crippen MR) is 135 cm³/mol. The maximum Gasteiger partial charge on any atom is 0.264 e. The Morgan fingerprint density at radius 3 is 2.21 bits per heavy atom. The Labute approximate surface area is 198 Å². The van der Waals surface area contributed by atoms with E-state index >= 15 is 0 Å². The van der Waals surface area contributed by atoms with E-state index in [1.807, 2.05) is 18.2 Å². The molecule has 33 heavy (non-hydrogen) atoms. The maximum absolute atomic E-state index is 12.8. The first-order chi connectivity index (χ1) is 15.8. The van der Waals surface area contributed by atoms with E-state index < -0.39 is 15.9 Å². The number of thiocarbonyl (C=S) groups is 1. The van der Waals surface area contributed by atoms with Crippen LogP contribution in [-0.2, 0) is 14.8 Å². The minimum Gasteiger partial charge on any atom is -0.497 e. The molecule has 0 saturated heterocycles. The topological polar surface area (TPSA) is 87.7 Å². The summed E-state index contributed by atoms with van der Waals surface area (Å²) < 4.78 is 32.0. The Balaban J connectivity index is 1.58. The number of amides is 1. The van der Waals surface area contributed by atoms with Crippen LogP contribution in [0.25, 0.3) is 6.08 Å². The molecule has 0 aliphatic carbocycles. The molecule has 9 heteroatoms. The van der Waals surface area contributed by atoms with Crippen molar-refractivity contribution < 1.29 is 17.9 Å². The number of nitrogens with zero attached hydrogens (tertiary/aromatic N) is 1. The van der Waals surface area contributed by atoms with Gasteiger partial charge < -0.3 is 10.1 Å². The molecule has 3 aromatic rings. The molecule has 0 aliphatic rings. The minimum absolute atomic E-state index is 0.0939. The van der Waals surface area contributed by atoms with Crippen LogP contribution in [0.5, 0.6) is 5.75 Å². The third-order valence-electron chi connectivity index (χ3n) is 4.67. The predicted octanol–water partition coefficient (Wildman–Crippen LogP) is 4.05. The number of ether oxygens (including phenoxy) is 1. The Morgan fingerprint density at radius 2 is 1.61 bits per heavy atom. The van der Waals surface area contributed by atoms with E-state index in [1.165, 1.54) is 29.6 Å². The third-order valence-corrected chi connectivity index (χ3v) is 6.67. The van der Waals surface area contributed by atoms with Crippen molar-refractivity contribution in [2.75, 3.05) is 23.8 Å². The molecule has 0 unspecified atom stereocenters. The number of methoxy groups -OCH3 is 1. The lowest BCUT2D eigenvalue weighted by Gasteiger charge is -2.19. The maximum atomic E-state index is 12.8. The van der Waals surface area contributed by atoms with Gasteiger partial charge in [0.15, 0.2) is 5.11 Å². The molecule has 0 aromatic heterocycles. The second-order valence-corrected chi connectivity index (χ2v) is 9.26. The molecule has 0 spiro atoms. The molecule has 3 rings (SSSR count). The van der Waals surface area contributed by atoms with Crippen LogP contribution in [0.1, 0.15) is 5.56 Å². The van der Waals surface area contributed by atoms with Crippen LogP contribution in [0.4, 0.5) is 11.4 Å². The summed E-state index contributed by atoms with van der Waals surface area (Å²) >= 11 is 5.17. The van der Waals surface area contributed by atoms with E-state index in [-0.39, 0.29) is 10.0 Å². The number of nitrogens with one attached hydrogen (secondary N) is 2. The van der Waals surface area contributed by atoms with Gasteiger partial charge in [-0.05, 0) is 72.4 Å². The molecule has 3 aromatic carbocycles. The standard InChI is InChI=1S/C24H23N3O4S2/c1-27(20-6-4-3-5-7-20)33(29,30)22-15-11-19(12-16-22)25-24(32)26-23(28)17-10-18-8-13-21(31-2)14-9-18/h3-17H,1-2H3,(H2,25,26,28,32)/b17-10-. The summed E-state index contributed by atoms with van der Waals surface area (Å²) in [6, 6.07) is 22.2. The summed E-state index contributed by atoms with van der Waals surface area (Å²) in [5.74, 6) is 0.333. The Kier molecular flexibility index (Phi) is 7.81. The molecule has 0 bridgehead atoms. The lowest BCUT2D eigenvalue weighted by atomic mass is 10.2. The molecule has 0 fully saturated rings. The zero-order valence-electron chi connectivity index (χ0n) is 18.1. The fourth-order valence-electron chi connectivity index (χ4n) is 2.85. The number of carbonyl (C=O) groups is 1. The first-order valence-corrected chi connectivity index (χ1v) is 11.7. The molecular weight excluding hydrogens is 458 g/mol. The number of sulfonamides is 1. The fourth-order valence-corrected chi connectivity index (χ4v) is 4.26. The molecule has 0 radical (unpaired) electrons. The van der Waals surface area contributed by atoms with Crippen molar-refractivity contribution in [3.05, 3.63) is 90.5 Å². The SMILES string of the molecule is COc1ccc(/C=C\C(=O)NC(=S)Nc2ccc(S(=O)(=O)N(C)c3ccccc3)cc2)cc1. The van der Waals surface area contributed by atoms with Gasteiger partial charge in [-0.15, -0.1) is 0 Å². The van der Waals surface area contributed by atoms with Crippen molar-refractivity contribution in [1.82, 2.24) is 5.32 Å². The second-order valence-electron chi connectivity index (χ2n) is 6.88. The van der Waals surface area contributed by atoms with Crippen LogP contribution in [0.2, 0.25) is 0 Å². The third kappa shape index (κ3) is 6.41. The summed E-state index contributed by atoms with van der Waals surface area (Å²) in [4.78, 5) is 12.2. The highest BCUT2D eigenvalue weighted by Crippen LogP contribution is 2.22. The van der Waals surface area contributed by atoms with Gasteiger partial charge in [-0.3, -0.25) is 14.4 Å². The van der Waals surface area contributed by atoms with Crippen molar-refractivity contribution >= 4 is 50.7 Å². The monoisotopic (exact) mass is 481 g/mol. The van der Waals surface area contributed by atoms with E-state index in [0.717, 1.165) is 11.3 Å². The van der Waals surface area contributed by atoms with Crippen molar-refractivity contribution in [3.63, 3.8) is 0 Å². The van der Waals surface area contributed by atoms with Crippen LogP contribution < -0.4 is 19.7 Å². The number of rotatable bonds is 7. The minimum atomic E-state index is -3.71. The first-order valence-electron chi connectivity index (χ1n) is 9.88. The summed E-state index contributed by atoms with van der Waals surface area (Å²) in [5, 5.41) is 5.51. The number of anilines is 2. The molecule has 170 valence electrons. The Bertz CT molecular complexity index is 1240. The lowest BCUT2D eigenvalue weighted by molar-refractivity contribution is -0.115. The van der Waals surface area contributed by atoms with Gasteiger partial charge in [0.05, 0.1) is 17.7 Å². The largest absolute Gasteiger partial charge is 0.497 e. The van der Waals surface area contributed by atoms with E-state index in [0.29, 0.717) is 11.4 Å². The van der Waals surface area contributed by atoms with E-state index in [2.05, 4.69) is 10.6 Å². The fraction of sp³-hybridized carbons (Fsp3) is 0.0833. The van der Waals surface area contributed by atoms with Crippen LogP contribution in [0.15, 0.2) is 89.8 Å². The van der Waals surface area contributed by atoms with Crippen molar-refractivity contribution in [2.24, 2.45) is 0 Å². The van der Waals surface area contributed by atoms with Crippen LogP contribution in [0.3, 0.4) is 0 Å². The van der Waals surface area contributed by atoms with Gasteiger partial charge in [0, 0.05) is 18.8 Å². The average Bonchev–Trinajstić information content (AvgIpc) is 2.83. The van der Waals surface area contributed by atoms with Gasteiger partial charge in [0.1, 0.15) is 5.75 Å². The highest BCUT2D eigenvalue weighted by molar-refractivity contribution is 7.92. The van der Waals surface area contributed by atoms with Gasteiger partial charge in [-0.25, -0.2) is 8.42 Å². The average molecular weight is 482 g/mol. The second kappa shape index (κ2) is 10.8. The molecule has 0 aliphatic heterocycles. The molecule has 7 nitrogen and oxygen atoms in total. The summed E-state index contributed by atoms with van der Waals surface area (Å²) in [7, 11) is -0.622. The van der Waals surface area contributed by atoms with Gasteiger partial charge in [0.2, 0.25) is 5.91 Å². The normalized spacial score (nSPS) is 11.1. The van der Waals surface area contributed by atoms with Crippen LogP contribution in [-0.4, -0.2) is 33.6 Å². The number of para-hydroxylation sites is 1. The molecule has 0 saturated carbocycles. The number of hydrogen-bond donors (Lipinski definition) is 2. The smallest absolute Gasteiger partial charge is 0.264 e. The van der Waals surface area contributed by atoms with Crippen molar-refractivity contribution in [1.29, 1.82) is 0 Å². The number of hydrogen-bond acceptors (Lipinski definition) is 5. The van der Waals surface area contributed by atoms with Gasteiger partial charge in [-0.1, -0.05) is 30.3 Å². The van der Waals surface area contributed by atoms with Gasteiger partial charge in [0.25, 0.3) is 10.0 Å². The number of benzene rings is 3. The molecule has 1 amide bonds. The zero-order valence-corrected chi connectivity index (χ0v) is 19.7. The molecule has 2 N–H and O–H groups in total. The highest BCUT2D eigenvalue weighted by atomic mass is 32.2. The Morgan fingerprint density at radius 1 is 0.970 bits per heavy atom. The van der Waals surface area contributed by atoms with E-state index in [9.17, 15) is 13.2 Å².